The highest BCUT2D eigenvalue weighted by molar-refractivity contribution is 5.92. The van der Waals surface area contributed by atoms with E-state index in [1.54, 1.807) is 12.4 Å². The molecule has 0 spiro atoms. The molecular formula is C14H10N4O2. The van der Waals surface area contributed by atoms with Crippen molar-refractivity contribution in [3.05, 3.63) is 42.2 Å². The van der Waals surface area contributed by atoms with Crippen LogP contribution in [0.5, 0.6) is 0 Å². The predicted octanol–water partition coefficient (Wildman–Crippen LogP) is 2.69. The van der Waals surface area contributed by atoms with Crippen molar-refractivity contribution in [1.29, 1.82) is 0 Å². The zero-order valence-electron chi connectivity index (χ0n) is 10.4. The summed E-state index contributed by atoms with van der Waals surface area (Å²) in [7, 11) is 0. The maximum Gasteiger partial charge on any atom is 0.411 e. The third kappa shape index (κ3) is 1.70. The Kier molecular flexibility index (Phi) is 2.23. The SMILES string of the molecule is O=C1Nc2cc3nc(-c4ccncc4)[nH]c3cc2CO1. The second-order valence-electron chi connectivity index (χ2n) is 4.55. The number of pyridine rings is 1. The first kappa shape index (κ1) is 11.0. The number of aromatic nitrogens is 3. The summed E-state index contributed by atoms with van der Waals surface area (Å²) in [6.07, 6.45) is 3.02. The molecule has 3 aromatic rings. The van der Waals surface area contributed by atoms with Gasteiger partial charge in [-0.3, -0.25) is 10.3 Å². The van der Waals surface area contributed by atoms with Crippen LogP contribution in [0.3, 0.4) is 0 Å². The van der Waals surface area contributed by atoms with Crippen LogP contribution >= 0.6 is 0 Å². The second-order valence-corrected chi connectivity index (χ2v) is 4.55. The van der Waals surface area contributed by atoms with Crippen LogP contribution in [0, 0.1) is 0 Å². The number of amides is 1. The molecule has 4 rings (SSSR count). The van der Waals surface area contributed by atoms with E-state index in [9.17, 15) is 4.79 Å². The third-order valence-corrected chi connectivity index (χ3v) is 3.26. The molecular weight excluding hydrogens is 256 g/mol. The van der Waals surface area contributed by atoms with Gasteiger partial charge in [-0.2, -0.15) is 0 Å². The Hall–Kier alpha value is -2.89. The molecule has 2 aromatic heterocycles. The summed E-state index contributed by atoms with van der Waals surface area (Å²) in [6, 6.07) is 7.58. The van der Waals surface area contributed by atoms with Crippen molar-refractivity contribution >= 4 is 22.8 Å². The fraction of sp³-hybridized carbons (Fsp3) is 0.0714. The average Bonchev–Trinajstić information content (AvgIpc) is 2.88. The lowest BCUT2D eigenvalue weighted by atomic mass is 10.1. The van der Waals surface area contributed by atoms with Gasteiger partial charge in [-0.1, -0.05) is 0 Å². The first-order valence-electron chi connectivity index (χ1n) is 6.16. The van der Waals surface area contributed by atoms with Crippen molar-refractivity contribution in [3.8, 4) is 11.4 Å². The van der Waals surface area contributed by atoms with E-state index in [2.05, 4.69) is 20.3 Å². The van der Waals surface area contributed by atoms with Crippen LogP contribution in [-0.2, 0) is 11.3 Å². The van der Waals surface area contributed by atoms with Crippen LogP contribution in [0.25, 0.3) is 22.4 Å². The number of aromatic amines is 1. The smallest absolute Gasteiger partial charge is 0.411 e. The van der Waals surface area contributed by atoms with Crippen LogP contribution in [0.2, 0.25) is 0 Å². The molecule has 6 heteroatoms. The minimum atomic E-state index is -0.429. The first-order valence-corrected chi connectivity index (χ1v) is 6.16. The molecule has 98 valence electrons. The molecule has 1 aliphatic heterocycles. The van der Waals surface area contributed by atoms with Gasteiger partial charge in [0, 0.05) is 23.5 Å². The Morgan fingerprint density at radius 3 is 2.90 bits per heavy atom. The molecule has 0 unspecified atom stereocenters. The number of carbonyl (C=O) groups excluding carboxylic acids is 1. The number of fused-ring (bicyclic) bond motifs is 2. The Balaban J connectivity index is 1.86. The van der Waals surface area contributed by atoms with Gasteiger partial charge in [0.25, 0.3) is 0 Å². The van der Waals surface area contributed by atoms with Gasteiger partial charge in [0.05, 0.1) is 16.7 Å². The van der Waals surface area contributed by atoms with E-state index < -0.39 is 6.09 Å². The highest BCUT2D eigenvalue weighted by Crippen LogP contribution is 2.28. The van der Waals surface area contributed by atoms with Gasteiger partial charge >= 0.3 is 6.09 Å². The average molecular weight is 266 g/mol. The first-order chi connectivity index (χ1) is 9.79. The molecule has 0 atom stereocenters. The van der Waals surface area contributed by atoms with Crippen molar-refractivity contribution in [2.45, 2.75) is 6.61 Å². The van der Waals surface area contributed by atoms with Crippen molar-refractivity contribution in [1.82, 2.24) is 15.0 Å². The Labute approximate surface area is 113 Å². The number of hydrogen-bond acceptors (Lipinski definition) is 4. The number of benzene rings is 1. The Morgan fingerprint density at radius 2 is 2.05 bits per heavy atom. The van der Waals surface area contributed by atoms with Crippen LogP contribution < -0.4 is 5.32 Å². The van der Waals surface area contributed by atoms with Gasteiger partial charge < -0.3 is 9.72 Å². The molecule has 3 heterocycles. The number of H-pyrrole nitrogens is 1. The van der Waals surface area contributed by atoms with E-state index in [0.717, 1.165) is 33.7 Å². The summed E-state index contributed by atoms with van der Waals surface area (Å²) in [6.45, 7) is 0.278. The zero-order valence-corrected chi connectivity index (χ0v) is 10.4. The fourth-order valence-electron chi connectivity index (χ4n) is 2.27. The van der Waals surface area contributed by atoms with E-state index in [4.69, 9.17) is 4.74 Å². The van der Waals surface area contributed by atoms with Crippen molar-refractivity contribution in [2.24, 2.45) is 0 Å². The number of cyclic esters (lactones) is 1. The molecule has 1 amide bonds. The van der Waals surface area contributed by atoms with Crippen LogP contribution in [-0.4, -0.2) is 21.0 Å². The number of anilines is 1. The molecule has 0 aliphatic carbocycles. The summed E-state index contributed by atoms with van der Waals surface area (Å²) in [5.41, 5.74) is 4.37. The molecule has 6 nitrogen and oxygen atoms in total. The number of hydrogen-bond donors (Lipinski definition) is 2. The molecule has 1 aromatic carbocycles. The summed E-state index contributed by atoms with van der Waals surface area (Å²) in [5.74, 6) is 0.775. The minimum absolute atomic E-state index is 0.278. The molecule has 0 fully saturated rings. The zero-order chi connectivity index (χ0) is 13.5. The van der Waals surface area contributed by atoms with Gasteiger partial charge in [-0.15, -0.1) is 0 Å². The van der Waals surface area contributed by atoms with E-state index in [1.807, 2.05) is 24.3 Å². The third-order valence-electron chi connectivity index (χ3n) is 3.26. The quantitative estimate of drug-likeness (QED) is 0.709. The van der Waals surface area contributed by atoms with Gasteiger partial charge in [0.1, 0.15) is 12.4 Å². The van der Waals surface area contributed by atoms with E-state index in [-0.39, 0.29) is 6.61 Å². The molecule has 1 aliphatic rings. The van der Waals surface area contributed by atoms with Gasteiger partial charge in [0.2, 0.25) is 0 Å². The topological polar surface area (TPSA) is 79.9 Å². The predicted molar refractivity (Wildman–Crippen MR) is 73.1 cm³/mol. The summed E-state index contributed by atoms with van der Waals surface area (Å²) < 4.78 is 4.95. The number of ether oxygens (including phenoxy) is 1. The number of rotatable bonds is 1. The van der Waals surface area contributed by atoms with Crippen LogP contribution in [0.4, 0.5) is 10.5 Å². The monoisotopic (exact) mass is 266 g/mol. The normalized spacial score (nSPS) is 13.7. The molecule has 0 bridgehead atoms. The molecule has 20 heavy (non-hydrogen) atoms. The van der Waals surface area contributed by atoms with Crippen molar-refractivity contribution in [3.63, 3.8) is 0 Å². The summed E-state index contributed by atoms with van der Waals surface area (Å²) in [5, 5.41) is 2.68. The number of nitrogens with zero attached hydrogens (tertiary/aromatic N) is 2. The number of carbonyl (C=O) groups is 1. The van der Waals surface area contributed by atoms with Crippen molar-refractivity contribution < 1.29 is 9.53 Å². The number of imidazole rings is 1. The molecule has 0 radical (unpaired) electrons. The van der Waals surface area contributed by atoms with Crippen molar-refractivity contribution in [2.75, 3.05) is 5.32 Å². The Morgan fingerprint density at radius 1 is 1.20 bits per heavy atom. The van der Waals surface area contributed by atoms with E-state index in [1.165, 1.54) is 0 Å². The second kappa shape index (κ2) is 4.06. The maximum atomic E-state index is 11.2. The minimum Gasteiger partial charge on any atom is -0.444 e. The lowest BCUT2D eigenvalue weighted by molar-refractivity contribution is 0.151. The van der Waals surface area contributed by atoms with Gasteiger partial charge in [-0.05, 0) is 24.3 Å². The standard InChI is InChI=1S/C14H10N4O2/c19-14-18-10-6-12-11(5-9(10)7-20-14)16-13(17-12)8-1-3-15-4-2-8/h1-6H,7H2,(H,16,17)(H,18,19). The molecule has 2 N–H and O–H groups in total. The van der Waals surface area contributed by atoms with Crippen LogP contribution in [0.15, 0.2) is 36.7 Å². The fourth-order valence-corrected chi connectivity index (χ4v) is 2.27. The summed E-state index contributed by atoms with van der Waals surface area (Å²) in [4.78, 5) is 23.0. The Bertz CT molecular complexity index is 811. The van der Waals surface area contributed by atoms with E-state index in [0.29, 0.717) is 0 Å². The highest BCUT2D eigenvalue weighted by atomic mass is 16.5. The molecule has 0 saturated carbocycles. The molecule has 0 saturated heterocycles. The van der Waals surface area contributed by atoms with Crippen LogP contribution in [0.1, 0.15) is 5.56 Å². The lowest BCUT2D eigenvalue weighted by Crippen LogP contribution is -2.20. The van der Waals surface area contributed by atoms with E-state index >= 15 is 0 Å². The largest absolute Gasteiger partial charge is 0.444 e. The highest BCUT2D eigenvalue weighted by Gasteiger charge is 2.17. The number of nitrogens with one attached hydrogen (secondary N) is 2. The summed E-state index contributed by atoms with van der Waals surface area (Å²) >= 11 is 0. The lowest BCUT2D eigenvalue weighted by Gasteiger charge is -2.16. The van der Waals surface area contributed by atoms with Gasteiger partial charge in [0.15, 0.2) is 0 Å². The van der Waals surface area contributed by atoms with Gasteiger partial charge in [-0.25, -0.2) is 9.78 Å². The maximum absolute atomic E-state index is 11.2.